The molecule has 0 aromatic heterocycles. The van der Waals surface area contributed by atoms with E-state index in [1.165, 1.54) is 25.7 Å². The maximum atomic E-state index is 12.1. The molecule has 0 heterocycles. The molecule has 2 bridgehead atoms. The highest BCUT2D eigenvalue weighted by Crippen LogP contribution is 2.59. The third kappa shape index (κ3) is 1.80. The van der Waals surface area contributed by atoms with Gasteiger partial charge in [0.25, 0.3) is 0 Å². The SMILES string of the molecule is O=C(O[C@@H]1C[C@H]2C[C@H]1[C@H]1CCC[C@H]21)c1ccccc1. The molecule has 0 aliphatic heterocycles. The van der Waals surface area contributed by atoms with Crippen molar-refractivity contribution in [3.8, 4) is 0 Å². The van der Waals surface area contributed by atoms with Crippen LogP contribution in [0.25, 0.3) is 0 Å². The predicted molar refractivity (Wildman–Crippen MR) is 72.7 cm³/mol. The molecule has 5 atom stereocenters. The average molecular weight is 256 g/mol. The molecule has 3 aliphatic rings. The van der Waals surface area contributed by atoms with Crippen LogP contribution in [0.3, 0.4) is 0 Å². The fraction of sp³-hybridized carbons (Fsp3) is 0.588. The summed E-state index contributed by atoms with van der Waals surface area (Å²) < 4.78 is 5.80. The molecule has 3 saturated carbocycles. The summed E-state index contributed by atoms with van der Waals surface area (Å²) in [5.41, 5.74) is 0.688. The molecule has 0 spiro atoms. The molecule has 3 fully saturated rings. The lowest BCUT2D eigenvalue weighted by Gasteiger charge is -2.31. The normalized spacial score (nSPS) is 39.3. The number of carbonyl (C=O) groups is 1. The second-order valence-electron chi connectivity index (χ2n) is 6.46. The van der Waals surface area contributed by atoms with E-state index in [2.05, 4.69) is 0 Å². The number of carbonyl (C=O) groups excluding carboxylic acids is 1. The van der Waals surface area contributed by atoms with E-state index in [9.17, 15) is 4.79 Å². The molecule has 3 aliphatic carbocycles. The first kappa shape index (κ1) is 11.5. The van der Waals surface area contributed by atoms with Crippen LogP contribution in [0.2, 0.25) is 0 Å². The lowest BCUT2D eigenvalue weighted by molar-refractivity contribution is 0.00143. The first-order valence-electron chi connectivity index (χ1n) is 7.59. The number of fused-ring (bicyclic) bond motifs is 5. The van der Waals surface area contributed by atoms with E-state index < -0.39 is 0 Å². The smallest absolute Gasteiger partial charge is 0.338 e. The van der Waals surface area contributed by atoms with Crippen LogP contribution >= 0.6 is 0 Å². The molecule has 0 radical (unpaired) electrons. The average Bonchev–Trinajstić information content (AvgIpc) is 3.11. The summed E-state index contributed by atoms with van der Waals surface area (Å²) in [6, 6.07) is 9.40. The standard InChI is InChI=1S/C17H20O2/c18-17(11-5-2-1-3-6-11)19-16-10-12-9-15(16)14-8-4-7-13(12)14/h1-3,5-6,12-16H,4,7-10H2/t12-,13-,14+,15+,16-/m1/s1. The number of esters is 1. The molecular weight excluding hydrogens is 236 g/mol. The van der Waals surface area contributed by atoms with Crippen LogP contribution in [0.1, 0.15) is 42.5 Å². The van der Waals surface area contributed by atoms with Gasteiger partial charge < -0.3 is 4.74 Å². The van der Waals surface area contributed by atoms with Crippen molar-refractivity contribution in [3.63, 3.8) is 0 Å². The molecule has 2 nitrogen and oxygen atoms in total. The monoisotopic (exact) mass is 256 g/mol. The van der Waals surface area contributed by atoms with Crippen LogP contribution < -0.4 is 0 Å². The van der Waals surface area contributed by atoms with E-state index in [1.54, 1.807) is 0 Å². The van der Waals surface area contributed by atoms with Gasteiger partial charge in [-0.2, -0.15) is 0 Å². The molecule has 4 rings (SSSR count). The zero-order valence-electron chi connectivity index (χ0n) is 11.1. The van der Waals surface area contributed by atoms with E-state index in [0.29, 0.717) is 11.5 Å². The first-order chi connectivity index (χ1) is 9.33. The van der Waals surface area contributed by atoms with Gasteiger partial charge in [-0.05, 0) is 61.5 Å². The summed E-state index contributed by atoms with van der Waals surface area (Å²) in [6.45, 7) is 0. The number of rotatable bonds is 2. The molecule has 19 heavy (non-hydrogen) atoms. The van der Waals surface area contributed by atoms with Gasteiger partial charge in [-0.25, -0.2) is 4.79 Å². The molecule has 100 valence electrons. The zero-order chi connectivity index (χ0) is 12.8. The van der Waals surface area contributed by atoms with Gasteiger partial charge in [-0.1, -0.05) is 24.6 Å². The van der Waals surface area contributed by atoms with Gasteiger partial charge in [0.2, 0.25) is 0 Å². The van der Waals surface area contributed by atoms with Crippen molar-refractivity contribution in [1.29, 1.82) is 0 Å². The third-order valence-electron chi connectivity index (χ3n) is 5.64. The van der Waals surface area contributed by atoms with Crippen LogP contribution in [-0.2, 0) is 4.74 Å². The Morgan fingerprint density at radius 2 is 1.79 bits per heavy atom. The van der Waals surface area contributed by atoms with Crippen molar-refractivity contribution < 1.29 is 9.53 Å². The second-order valence-corrected chi connectivity index (χ2v) is 6.46. The largest absolute Gasteiger partial charge is 0.458 e. The minimum Gasteiger partial charge on any atom is -0.458 e. The van der Waals surface area contributed by atoms with E-state index in [0.717, 1.165) is 24.2 Å². The molecule has 1 aromatic rings. The maximum absolute atomic E-state index is 12.1. The van der Waals surface area contributed by atoms with Crippen molar-refractivity contribution in [2.75, 3.05) is 0 Å². The summed E-state index contributed by atoms with van der Waals surface area (Å²) in [7, 11) is 0. The Balaban J connectivity index is 1.46. The van der Waals surface area contributed by atoms with Gasteiger partial charge in [-0.3, -0.25) is 0 Å². The van der Waals surface area contributed by atoms with E-state index >= 15 is 0 Å². The molecule has 0 amide bonds. The van der Waals surface area contributed by atoms with Crippen molar-refractivity contribution in [3.05, 3.63) is 35.9 Å². The predicted octanol–water partition coefficient (Wildman–Crippen LogP) is 3.67. The Labute approximate surface area is 114 Å². The Morgan fingerprint density at radius 3 is 2.63 bits per heavy atom. The number of ether oxygens (including phenoxy) is 1. The van der Waals surface area contributed by atoms with Crippen LogP contribution in [0.15, 0.2) is 30.3 Å². The first-order valence-corrected chi connectivity index (χ1v) is 7.59. The van der Waals surface area contributed by atoms with Crippen molar-refractivity contribution in [2.45, 2.75) is 38.2 Å². The van der Waals surface area contributed by atoms with Crippen LogP contribution in [0, 0.1) is 23.7 Å². The number of benzene rings is 1. The summed E-state index contributed by atoms with van der Waals surface area (Å²) >= 11 is 0. The van der Waals surface area contributed by atoms with Gasteiger partial charge in [0, 0.05) is 0 Å². The highest BCUT2D eigenvalue weighted by Gasteiger charge is 2.55. The van der Waals surface area contributed by atoms with Crippen LogP contribution in [0.5, 0.6) is 0 Å². The topological polar surface area (TPSA) is 26.3 Å². The van der Waals surface area contributed by atoms with Gasteiger partial charge >= 0.3 is 5.97 Å². The van der Waals surface area contributed by atoms with E-state index in [1.807, 2.05) is 30.3 Å². The fourth-order valence-electron chi connectivity index (χ4n) is 4.92. The Bertz CT molecular complexity index is 481. The number of hydrogen-bond donors (Lipinski definition) is 0. The third-order valence-corrected chi connectivity index (χ3v) is 5.64. The van der Waals surface area contributed by atoms with E-state index in [-0.39, 0.29) is 12.1 Å². The zero-order valence-corrected chi connectivity index (χ0v) is 11.1. The summed E-state index contributed by atoms with van der Waals surface area (Å²) in [5, 5.41) is 0. The number of hydrogen-bond acceptors (Lipinski definition) is 2. The van der Waals surface area contributed by atoms with Crippen molar-refractivity contribution >= 4 is 5.97 Å². The molecule has 2 heteroatoms. The Hall–Kier alpha value is -1.31. The highest BCUT2D eigenvalue weighted by atomic mass is 16.5. The van der Waals surface area contributed by atoms with Crippen molar-refractivity contribution in [1.82, 2.24) is 0 Å². The van der Waals surface area contributed by atoms with Gasteiger partial charge in [-0.15, -0.1) is 0 Å². The second kappa shape index (κ2) is 4.36. The molecular formula is C17H20O2. The van der Waals surface area contributed by atoms with E-state index in [4.69, 9.17) is 4.74 Å². The van der Waals surface area contributed by atoms with Gasteiger partial charge in [0.1, 0.15) is 6.10 Å². The lowest BCUT2D eigenvalue weighted by Crippen LogP contribution is -2.32. The fourth-order valence-corrected chi connectivity index (χ4v) is 4.92. The molecule has 0 saturated heterocycles. The van der Waals surface area contributed by atoms with Gasteiger partial charge in [0.15, 0.2) is 0 Å². The Morgan fingerprint density at radius 1 is 1.00 bits per heavy atom. The maximum Gasteiger partial charge on any atom is 0.338 e. The Kier molecular flexibility index (Phi) is 2.64. The highest BCUT2D eigenvalue weighted by molar-refractivity contribution is 5.89. The molecule has 0 N–H and O–H groups in total. The molecule has 0 unspecified atom stereocenters. The quantitative estimate of drug-likeness (QED) is 0.755. The summed E-state index contributed by atoms with van der Waals surface area (Å²) in [4.78, 5) is 12.1. The molecule has 1 aromatic carbocycles. The summed E-state index contributed by atoms with van der Waals surface area (Å²) in [6.07, 6.45) is 6.79. The van der Waals surface area contributed by atoms with Gasteiger partial charge in [0.05, 0.1) is 5.56 Å². The van der Waals surface area contributed by atoms with Crippen LogP contribution in [-0.4, -0.2) is 12.1 Å². The van der Waals surface area contributed by atoms with Crippen LogP contribution in [0.4, 0.5) is 0 Å². The summed E-state index contributed by atoms with van der Waals surface area (Å²) in [5.74, 6) is 3.17. The van der Waals surface area contributed by atoms with Crippen molar-refractivity contribution in [2.24, 2.45) is 23.7 Å². The minimum absolute atomic E-state index is 0.132. The minimum atomic E-state index is -0.132. The lowest BCUT2D eigenvalue weighted by atomic mass is 9.80.